The molecule has 1 aromatic heterocycles. The molecule has 0 aliphatic carbocycles. The molecule has 0 fully saturated rings. The number of aromatic nitrogens is 2. The van der Waals surface area contributed by atoms with Crippen LogP contribution in [0.15, 0.2) is 48.5 Å². The summed E-state index contributed by atoms with van der Waals surface area (Å²) < 4.78 is 21.4. The lowest BCUT2D eigenvalue weighted by molar-refractivity contribution is -0.123. The van der Waals surface area contributed by atoms with E-state index in [2.05, 4.69) is 26.1 Å². The van der Waals surface area contributed by atoms with Gasteiger partial charge in [-0.3, -0.25) is 14.5 Å². The number of hydrogen-bond donors (Lipinski definition) is 1. The number of fused-ring (bicyclic) bond motifs is 1. The third-order valence-corrected chi connectivity index (χ3v) is 7.27. The molecular weight excluding hydrogens is 491 g/mol. The van der Waals surface area contributed by atoms with Crippen LogP contribution in [0.5, 0.6) is 5.75 Å². The van der Waals surface area contributed by atoms with Gasteiger partial charge in [-0.15, -0.1) is 11.8 Å². The van der Waals surface area contributed by atoms with E-state index in [1.165, 1.54) is 28.8 Å². The third-order valence-electron chi connectivity index (χ3n) is 6.02. The van der Waals surface area contributed by atoms with Crippen molar-refractivity contribution in [2.45, 2.75) is 51.3 Å². The molecule has 3 aromatic rings. The Morgan fingerprint density at radius 1 is 1.22 bits per heavy atom. The van der Waals surface area contributed by atoms with Gasteiger partial charge in [0.25, 0.3) is 0 Å². The molecule has 196 valence electrons. The first kappa shape index (κ1) is 26.7. The summed E-state index contributed by atoms with van der Waals surface area (Å²) in [5, 5.41) is 7.56. The zero-order valence-corrected chi connectivity index (χ0v) is 22.9. The van der Waals surface area contributed by atoms with Gasteiger partial charge in [0.2, 0.25) is 11.8 Å². The monoisotopic (exact) mass is 524 g/mol. The lowest BCUT2D eigenvalue weighted by Crippen LogP contribution is -2.44. The Kier molecular flexibility index (Phi) is 7.64. The molecule has 2 aromatic carbocycles. The number of benzene rings is 2. The molecule has 0 bridgehead atoms. The van der Waals surface area contributed by atoms with Crippen LogP contribution in [0.25, 0.3) is 5.69 Å². The fourth-order valence-corrected chi connectivity index (χ4v) is 5.61. The van der Waals surface area contributed by atoms with Crippen molar-refractivity contribution < 1.29 is 18.7 Å². The van der Waals surface area contributed by atoms with Gasteiger partial charge >= 0.3 is 0 Å². The van der Waals surface area contributed by atoms with Crippen molar-refractivity contribution in [3.63, 3.8) is 0 Å². The fourth-order valence-electron chi connectivity index (χ4n) is 4.42. The number of carbonyl (C=O) groups excluding carboxylic acids is 2. The second kappa shape index (κ2) is 10.6. The molecule has 2 amide bonds. The standard InChI is InChI=1S/C28H33FN4O3S/c1-17(2)30-22(34)15-32-23(35)16-37-25(18-8-7-9-19(29)14-18)24-26(28(3,4)5)31-33(27(24)32)20-10-12-21(36-6)13-11-20/h7-14,17,25H,15-16H2,1-6H3,(H,30,34)/t25-/m0/s1. The average molecular weight is 525 g/mol. The Hall–Kier alpha value is -3.33. The molecule has 2 heterocycles. The van der Waals surface area contributed by atoms with E-state index in [9.17, 15) is 14.0 Å². The maximum atomic E-state index is 14.4. The molecule has 37 heavy (non-hydrogen) atoms. The van der Waals surface area contributed by atoms with Gasteiger partial charge in [-0.2, -0.15) is 5.10 Å². The van der Waals surface area contributed by atoms with E-state index in [-0.39, 0.29) is 41.2 Å². The number of amides is 2. The van der Waals surface area contributed by atoms with Crippen LogP contribution in [-0.4, -0.2) is 47.0 Å². The Balaban J connectivity index is 2.00. The molecule has 0 spiro atoms. The highest BCUT2D eigenvalue weighted by atomic mass is 32.2. The van der Waals surface area contributed by atoms with Crippen molar-refractivity contribution >= 4 is 29.4 Å². The second-order valence-corrected chi connectivity index (χ2v) is 11.5. The van der Waals surface area contributed by atoms with Crippen LogP contribution >= 0.6 is 11.8 Å². The van der Waals surface area contributed by atoms with E-state index >= 15 is 0 Å². The Morgan fingerprint density at radius 3 is 2.51 bits per heavy atom. The lowest BCUT2D eigenvalue weighted by atomic mass is 9.87. The Morgan fingerprint density at radius 2 is 1.92 bits per heavy atom. The van der Waals surface area contributed by atoms with E-state index in [0.717, 1.165) is 22.5 Å². The molecule has 4 rings (SSSR count). The fraction of sp³-hybridized carbons (Fsp3) is 0.393. The smallest absolute Gasteiger partial charge is 0.240 e. The highest BCUT2D eigenvalue weighted by Crippen LogP contribution is 2.48. The van der Waals surface area contributed by atoms with Crippen LogP contribution in [0.2, 0.25) is 0 Å². The minimum atomic E-state index is -0.396. The van der Waals surface area contributed by atoms with Gasteiger partial charge in [-0.05, 0) is 55.8 Å². The predicted octanol–water partition coefficient (Wildman–Crippen LogP) is 5.01. The normalized spacial score (nSPS) is 15.9. The first-order chi connectivity index (χ1) is 17.5. The molecular formula is C28H33FN4O3S. The summed E-state index contributed by atoms with van der Waals surface area (Å²) in [6, 6.07) is 13.8. The van der Waals surface area contributed by atoms with Gasteiger partial charge in [0.15, 0.2) is 0 Å². The summed E-state index contributed by atoms with van der Waals surface area (Å²) in [5.74, 6) is 0.538. The van der Waals surface area contributed by atoms with E-state index in [1.807, 2.05) is 44.2 Å². The van der Waals surface area contributed by atoms with E-state index in [4.69, 9.17) is 9.84 Å². The topological polar surface area (TPSA) is 76.5 Å². The summed E-state index contributed by atoms with van der Waals surface area (Å²) in [4.78, 5) is 28.0. The van der Waals surface area contributed by atoms with E-state index < -0.39 is 5.41 Å². The van der Waals surface area contributed by atoms with Gasteiger partial charge in [-0.1, -0.05) is 32.9 Å². The number of anilines is 1. The molecule has 1 atom stereocenters. The SMILES string of the molecule is COc1ccc(-n2nc(C(C)(C)C)c3c2N(CC(=O)NC(C)C)C(=O)CS[C@H]3c2cccc(F)c2)cc1. The quantitative estimate of drug-likeness (QED) is 0.491. The zero-order valence-electron chi connectivity index (χ0n) is 22.0. The van der Waals surface area contributed by atoms with Gasteiger partial charge in [-0.25, -0.2) is 9.07 Å². The van der Waals surface area contributed by atoms with Crippen molar-refractivity contribution in [3.8, 4) is 11.4 Å². The van der Waals surface area contributed by atoms with Crippen molar-refractivity contribution in [2.24, 2.45) is 0 Å². The molecule has 0 unspecified atom stereocenters. The highest BCUT2D eigenvalue weighted by Gasteiger charge is 2.40. The van der Waals surface area contributed by atoms with E-state index in [0.29, 0.717) is 11.6 Å². The maximum absolute atomic E-state index is 14.4. The minimum absolute atomic E-state index is 0.0693. The molecule has 1 aliphatic rings. The van der Waals surface area contributed by atoms with Gasteiger partial charge in [0, 0.05) is 17.0 Å². The molecule has 0 saturated heterocycles. The number of methoxy groups -OCH3 is 1. The van der Waals surface area contributed by atoms with E-state index in [1.54, 1.807) is 17.9 Å². The van der Waals surface area contributed by atoms with Crippen LogP contribution in [0.4, 0.5) is 10.2 Å². The summed E-state index contributed by atoms with van der Waals surface area (Å²) in [7, 11) is 1.60. The van der Waals surface area contributed by atoms with Crippen molar-refractivity contribution in [3.05, 3.63) is 71.2 Å². The minimum Gasteiger partial charge on any atom is -0.497 e. The Labute approximate surface area is 221 Å². The number of ether oxygens (including phenoxy) is 1. The second-order valence-electron chi connectivity index (χ2n) is 10.4. The third kappa shape index (κ3) is 5.66. The molecule has 7 nitrogen and oxygen atoms in total. The largest absolute Gasteiger partial charge is 0.497 e. The molecule has 1 aliphatic heterocycles. The van der Waals surface area contributed by atoms with Crippen LogP contribution in [-0.2, 0) is 15.0 Å². The van der Waals surface area contributed by atoms with Crippen LogP contribution in [0.3, 0.4) is 0 Å². The molecule has 1 N–H and O–H groups in total. The summed E-state index contributed by atoms with van der Waals surface area (Å²) in [5.41, 5.74) is 2.66. The number of carbonyl (C=O) groups is 2. The molecule has 9 heteroatoms. The summed E-state index contributed by atoms with van der Waals surface area (Å²) in [6.45, 7) is 9.79. The van der Waals surface area contributed by atoms with Crippen molar-refractivity contribution in [1.29, 1.82) is 0 Å². The number of nitrogens with one attached hydrogen (secondary N) is 1. The number of hydrogen-bond acceptors (Lipinski definition) is 5. The first-order valence-corrected chi connectivity index (χ1v) is 13.3. The van der Waals surface area contributed by atoms with Crippen molar-refractivity contribution in [2.75, 3.05) is 24.3 Å². The maximum Gasteiger partial charge on any atom is 0.240 e. The van der Waals surface area contributed by atoms with Crippen LogP contribution in [0.1, 0.15) is 56.7 Å². The lowest BCUT2D eigenvalue weighted by Gasteiger charge is -2.25. The predicted molar refractivity (Wildman–Crippen MR) is 145 cm³/mol. The molecule has 0 radical (unpaired) electrons. The van der Waals surface area contributed by atoms with Gasteiger partial charge in [0.1, 0.15) is 23.9 Å². The van der Waals surface area contributed by atoms with Crippen LogP contribution in [0, 0.1) is 5.82 Å². The van der Waals surface area contributed by atoms with Crippen LogP contribution < -0.4 is 15.0 Å². The zero-order chi connectivity index (χ0) is 26.9. The summed E-state index contributed by atoms with van der Waals surface area (Å²) >= 11 is 1.42. The average Bonchev–Trinajstić information content (AvgIpc) is 3.17. The van der Waals surface area contributed by atoms with Gasteiger partial charge < -0.3 is 10.1 Å². The number of halogens is 1. The highest BCUT2D eigenvalue weighted by molar-refractivity contribution is 8.00. The molecule has 0 saturated carbocycles. The summed E-state index contributed by atoms with van der Waals surface area (Å²) in [6.07, 6.45) is 0. The number of thioether (sulfide) groups is 1. The number of nitrogens with zero attached hydrogens (tertiary/aromatic N) is 3. The van der Waals surface area contributed by atoms with Crippen molar-refractivity contribution in [1.82, 2.24) is 15.1 Å². The number of rotatable bonds is 6. The first-order valence-electron chi connectivity index (χ1n) is 12.2. The Bertz CT molecular complexity index is 1300. The van der Waals surface area contributed by atoms with Gasteiger partial charge in [0.05, 0.1) is 29.5 Å².